The van der Waals surface area contributed by atoms with Crippen molar-refractivity contribution in [2.75, 3.05) is 13.8 Å². The maximum atomic E-state index is 13.3. The fraction of sp³-hybridized carbons (Fsp3) is 0.192. The van der Waals surface area contributed by atoms with Gasteiger partial charge in [0.2, 0.25) is 5.43 Å². The summed E-state index contributed by atoms with van der Waals surface area (Å²) in [5, 5.41) is 0.582. The highest BCUT2D eigenvalue weighted by Crippen LogP contribution is 2.34. The number of rotatable bonds is 4. The molecule has 5 heteroatoms. The lowest BCUT2D eigenvalue weighted by molar-refractivity contribution is 0.0890. The summed E-state index contributed by atoms with van der Waals surface area (Å²) in [5.74, 6) is 2.22. The van der Waals surface area contributed by atoms with Gasteiger partial charge in [0, 0.05) is 13.1 Å². The third-order valence-corrected chi connectivity index (χ3v) is 5.71. The Labute approximate surface area is 180 Å². The number of hydrogen-bond acceptors (Lipinski definition) is 5. The lowest BCUT2D eigenvalue weighted by Gasteiger charge is -2.29. The first-order valence-corrected chi connectivity index (χ1v) is 10.3. The zero-order chi connectivity index (χ0) is 21.4. The van der Waals surface area contributed by atoms with Crippen molar-refractivity contribution in [3.8, 4) is 22.6 Å². The molecule has 156 valence electrons. The van der Waals surface area contributed by atoms with Gasteiger partial charge in [-0.05, 0) is 42.3 Å². The van der Waals surface area contributed by atoms with Crippen LogP contribution < -0.4 is 14.9 Å². The third kappa shape index (κ3) is 3.57. The maximum Gasteiger partial charge on any atom is 0.200 e. The number of ether oxygens (including phenoxy) is 2. The monoisotopic (exact) mass is 413 g/mol. The smallest absolute Gasteiger partial charge is 0.200 e. The minimum atomic E-state index is -0.0139. The van der Waals surface area contributed by atoms with Crippen molar-refractivity contribution in [3.05, 3.63) is 93.8 Å². The molecule has 3 aromatic carbocycles. The van der Waals surface area contributed by atoms with Crippen molar-refractivity contribution < 1.29 is 13.9 Å². The van der Waals surface area contributed by atoms with E-state index in [1.807, 2.05) is 73.7 Å². The van der Waals surface area contributed by atoms with Crippen LogP contribution in [0.1, 0.15) is 16.9 Å². The second-order valence-corrected chi connectivity index (χ2v) is 7.76. The number of benzene rings is 3. The first-order chi connectivity index (χ1) is 15.1. The van der Waals surface area contributed by atoms with E-state index in [1.54, 1.807) is 7.11 Å². The minimum absolute atomic E-state index is 0.0139. The molecule has 0 amide bonds. The average Bonchev–Trinajstić information content (AvgIpc) is 2.80. The molecule has 1 aliphatic rings. The van der Waals surface area contributed by atoms with Crippen molar-refractivity contribution in [1.29, 1.82) is 0 Å². The summed E-state index contributed by atoms with van der Waals surface area (Å²) in [5.41, 5.74) is 4.15. The summed E-state index contributed by atoms with van der Waals surface area (Å²) in [6.45, 7) is 3.70. The Hall–Kier alpha value is -3.57. The second-order valence-electron chi connectivity index (χ2n) is 7.76. The van der Waals surface area contributed by atoms with Crippen molar-refractivity contribution in [3.63, 3.8) is 0 Å². The predicted octanol–water partition coefficient (Wildman–Crippen LogP) is 5.13. The molecule has 31 heavy (non-hydrogen) atoms. The quantitative estimate of drug-likeness (QED) is 0.464. The van der Waals surface area contributed by atoms with E-state index in [9.17, 15) is 4.79 Å². The summed E-state index contributed by atoms with van der Waals surface area (Å²) in [7, 11) is 1.66. The Kier molecular flexibility index (Phi) is 4.96. The molecule has 1 aliphatic heterocycles. The molecule has 1 aromatic heterocycles. The lowest BCUT2D eigenvalue weighted by atomic mass is 10.0. The van der Waals surface area contributed by atoms with Gasteiger partial charge in [-0.2, -0.15) is 0 Å². The number of fused-ring (bicyclic) bond motifs is 3. The van der Waals surface area contributed by atoms with E-state index in [1.165, 1.54) is 0 Å². The van der Waals surface area contributed by atoms with Crippen LogP contribution >= 0.6 is 0 Å². The fourth-order valence-electron chi connectivity index (χ4n) is 4.15. The van der Waals surface area contributed by atoms with E-state index < -0.39 is 0 Å². The first-order valence-electron chi connectivity index (χ1n) is 10.3. The zero-order valence-corrected chi connectivity index (χ0v) is 17.6. The Morgan fingerprint density at radius 1 is 1.00 bits per heavy atom. The van der Waals surface area contributed by atoms with Gasteiger partial charge in [-0.25, -0.2) is 0 Å². The molecule has 0 saturated heterocycles. The maximum absolute atomic E-state index is 13.3. The molecule has 0 radical (unpaired) electrons. The number of hydrogen-bond donors (Lipinski definition) is 0. The Morgan fingerprint density at radius 3 is 2.52 bits per heavy atom. The molecule has 0 saturated carbocycles. The van der Waals surface area contributed by atoms with Crippen LogP contribution in [0.15, 0.2) is 75.9 Å². The molecule has 0 atom stereocenters. The standard InChI is InChI=1S/C26H23NO4/c1-17-24(19-6-4-3-5-7-19)25(28)21-12-13-23-22(26(21)31-17)15-27(16-30-23)14-18-8-10-20(29-2)11-9-18/h3-13H,14-16H2,1-2H3. The largest absolute Gasteiger partial charge is 0.497 e. The highest BCUT2D eigenvalue weighted by atomic mass is 16.5. The first kappa shape index (κ1) is 19.4. The van der Waals surface area contributed by atoms with Gasteiger partial charge in [-0.3, -0.25) is 9.69 Å². The molecule has 0 bridgehead atoms. The lowest BCUT2D eigenvalue weighted by Crippen LogP contribution is -2.31. The van der Waals surface area contributed by atoms with Crippen LogP contribution in [0.4, 0.5) is 0 Å². The van der Waals surface area contributed by atoms with E-state index in [2.05, 4.69) is 4.90 Å². The SMILES string of the molecule is COc1ccc(CN2COc3ccc4c(=O)c(-c5ccccc5)c(C)oc4c3C2)cc1. The minimum Gasteiger partial charge on any atom is -0.497 e. The molecular weight excluding hydrogens is 390 g/mol. The van der Waals surface area contributed by atoms with E-state index in [0.29, 0.717) is 35.6 Å². The van der Waals surface area contributed by atoms with E-state index in [4.69, 9.17) is 13.9 Å². The molecule has 0 fully saturated rings. The molecular formula is C26H23NO4. The van der Waals surface area contributed by atoms with E-state index in [-0.39, 0.29) is 5.43 Å². The average molecular weight is 413 g/mol. The van der Waals surface area contributed by atoms with Crippen molar-refractivity contribution in [2.24, 2.45) is 0 Å². The molecule has 0 unspecified atom stereocenters. The van der Waals surface area contributed by atoms with Crippen molar-refractivity contribution in [2.45, 2.75) is 20.0 Å². The number of nitrogens with zero attached hydrogens (tertiary/aromatic N) is 1. The fourth-order valence-corrected chi connectivity index (χ4v) is 4.15. The molecule has 0 aliphatic carbocycles. The molecule has 2 heterocycles. The van der Waals surface area contributed by atoms with Gasteiger partial charge in [-0.1, -0.05) is 42.5 Å². The van der Waals surface area contributed by atoms with Crippen molar-refractivity contribution in [1.82, 2.24) is 4.90 Å². The predicted molar refractivity (Wildman–Crippen MR) is 120 cm³/mol. The van der Waals surface area contributed by atoms with Gasteiger partial charge in [0.25, 0.3) is 0 Å². The Balaban J connectivity index is 1.52. The highest BCUT2D eigenvalue weighted by Gasteiger charge is 2.24. The van der Waals surface area contributed by atoms with Gasteiger partial charge in [-0.15, -0.1) is 0 Å². The highest BCUT2D eigenvalue weighted by molar-refractivity contribution is 5.86. The van der Waals surface area contributed by atoms with Gasteiger partial charge < -0.3 is 13.9 Å². The number of aryl methyl sites for hydroxylation is 1. The van der Waals surface area contributed by atoms with Gasteiger partial charge >= 0.3 is 0 Å². The van der Waals surface area contributed by atoms with Crippen LogP contribution in [0.2, 0.25) is 0 Å². The molecule has 0 spiro atoms. The van der Waals surface area contributed by atoms with Gasteiger partial charge in [0.05, 0.1) is 23.6 Å². The van der Waals surface area contributed by atoms with Gasteiger partial charge in [0.1, 0.15) is 29.6 Å². The third-order valence-electron chi connectivity index (χ3n) is 5.71. The van der Waals surface area contributed by atoms with E-state index in [0.717, 1.165) is 34.7 Å². The topological polar surface area (TPSA) is 51.9 Å². The van der Waals surface area contributed by atoms with Gasteiger partial charge in [0.15, 0.2) is 0 Å². The summed E-state index contributed by atoms with van der Waals surface area (Å²) in [4.78, 5) is 15.5. The Morgan fingerprint density at radius 2 is 1.77 bits per heavy atom. The van der Waals surface area contributed by atoms with Crippen LogP contribution in [-0.4, -0.2) is 18.7 Å². The zero-order valence-electron chi connectivity index (χ0n) is 17.6. The molecule has 0 N–H and O–H groups in total. The van der Waals surface area contributed by atoms with Crippen LogP contribution in [0, 0.1) is 6.92 Å². The Bertz CT molecular complexity index is 1290. The van der Waals surface area contributed by atoms with Crippen LogP contribution in [0.5, 0.6) is 11.5 Å². The molecule has 5 nitrogen and oxygen atoms in total. The molecule has 5 rings (SSSR count). The summed E-state index contributed by atoms with van der Waals surface area (Å²) in [6, 6.07) is 21.4. The van der Waals surface area contributed by atoms with Crippen LogP contribution in [0.25, 0.3) is 22.1 Å². The van der Waals surface area contributed by atoms with Crippen LogP contribution in [0.3, 0.4) is 0 Å². The second kappa shape index (κ2) is 7.93. The number of methoxy groups -OCH3 is 1. The van der Waals surface area contributed by atoms with Crippen LogP contribution in [-0.2, 0) is 13.1 Å². The summed E-state index contributed by atoms with van der Waals surface area (Å²) in [6.07, 6.45) is 0. The normalized spacial score (nSPS) is 13.6. The molecule has 4 aromatic rings. The summed E-state index contributed by atoms with van der Waals surface area (Å²) < 4.78 is 17.5. The van der Waals surface area contributed by atoms with E-state index >= 15 is 0 Å². The van der Waals surface area contributed by atoms with Crippen molar-refractivity contribution >= 4 is 11.0 Å². The summed E-state index contributed by atoms with van der Waals surface area (Å²) >= 11 is 0.